The number of ether oxygens (including phenoxy) is 1. The molecule has 0 fully saturated rings. The first kappa shape index (κ1) is 30.9. The molecule has 222 valence electrons. The number of hydrogen-bond acceptors (Lipinski definition) is 7. The van der Waals surface area contributed by atoms with Gasteiger partial charge in [-0.2, -0.15) is 0 Å². The van der Waals surface area contributed by atoms with Crippen LogP contribution in [0.25, 0.3) is 12.2 Å². The molecule has 0 aliphatic heterocycles. The molecule has 0 aliphatic carbocycles. The number of thiophene rings is 1. The van der Waals surface area contributed by atoms with E-state index in [1.165, 1.54) is 18.4 Å². The van der Waals surface area contributed by atoms with Crippen LogP contribution in [0.15, 0.2) is 75.6 Å². The molecule has 2 heterocycles. The molecule has 0 saturated carbocycles. The van der Waals surface area contributed by atoms with E-state index < -0.39 is 11.1 Å². The zero-order chi connectivity index (χ0) is 30.6. The zero-order valence-electron chi connectivity index (χ0n) is 23.6. The molecular weight excluding hydrogens is 568 g/mol. The van der Waals surface area contributed by atoms with Crippen molar-refractivity contribution < 1.29 is 19.1 Å². The lowest BCUT2D eigenvalue weighted by Crippen LogP contribution is -2.46. The Balaban J connectivity index is 1.34. The highest BCUT2D eigenvalue weighted by atomic mass is 32.1. The predicted octanol–water partition coefficient (Wildman–Crippen LogP) is 3.49. The van der Waals surface area contributed by atoms with Crippen molar-refractivity contribution in [1.82, 2.24) is 9.97 Å². The van der Waals surface area contributed by atoms with Crippen LogP contribution in [-0.2, 0) is 14.3 Å². The molecule has 0 atom stereocenters. The van der Waals surface area contributed by atoms with Crippen molar-refractivity contribution in [1.29, 1.82) is 0 Å². The van der Waals surface area contributed by atoms with Gasteiger partial charge in [-0.25, -0.2) is 0 Å². The molecule has 2 aromatic heterocycles. The lowest BCUT2D eigenvalue weighted by molar-refractivity contribution is -0.140. The van der Waals surface area contributed by atoms with E-state index in [-0.39, 0.29) is 28.5 Å². The Hall–Kier alpha value is -5.03. The maximum absolute atomic E-state index is 12.7. The van der Waals surface area contributed by atoms with Crippen molar-refractivity contribution in [2.75, 3.05) is 17.7 Å². The summed E-state index contributed by atoms with van der Waals surface area (Å²) >= 11 is 1.35. The summed E-state index contributed by atoms with van der Waals surface area (Å²) in [6.07, 6.45) is 7.05. The van der Waals surface area contributed by atoms with Crippen LogP contribution >= 0.6 is 11.3 Å². The van der Waals surface area contributed by atoms with E-state index in [2.05, 4.69) is 25.3 Å². The van der Waals surface area contributed by atoms with Crippen LogP contribution in [0.4, 0.5) is 11.4 Å². The molecule has 4 N–H and O–H groups in total. The lowest BCUT2D eigenvalue weighted by atomic mass is 10.1. The molecule has 0 aliphatic rings. The van der Waals surface area contributed by atoms with E-state index in [1.54, 1.807) is 72.8 Å². The molecule has 2 aromatic carbocycles. The van der Waals surface area contributed by atoms with Gasteiger partial charge in [-0.15, -0.1) is 11.3 Å². The molecule has 2 amide bonds. The van der Waals surface area contributed by atoms with Crippen LogP contribution in [0.2, 0.25) is 0 Å². The van der Waals surface area contributed by atoms with Crippen molar-refractivity contribution in [3.8, 4) is 0 Å². The summed E-state index contributed by atoms with van der Waals surface area (Å²) in [6, 6.07) is 17.4. The van der Waals surface area contributed by atoms with Crippen molar-refractivity contribution in [2.45, 2.75) is 38.5 Å². The number of amides is 2. The van der Waals surface area contributed by atoms with Crippen LogP contribution in [-0.4, -0.2) is 34.9 Å². The molecule has 43 heavy (non-hydrogen) atoms. The lowest BCUT2D eigenvalue weighted by Gasteiger charge is -2.06. The van der Waals surface area contributed by atoms with Gasteiger partial charge in [0, 0.05) is 24.2 Å². The molecule has 4 aromatic rings. The maximum Gasteiger partial charge on any atom is 0.305 e. The number of anilines is 2. The van der Waals surface area contributed by atoms with Gasteiger partial charge in [0.25, 0.3) is 17.0 Å². The van der Waals surface area contributed by atoms with Crippen LogP contribution in [0.1, 0.15) is 59.3 Å². The summed E-state index contributed by atoms with van der Waals surface area (Å²) in [6.45, 7) is 0. The number of aromatic amines is 2. The van der Waals surface area contributed by atoms with Gasteiger partial charge in [0.15, 0.2) is 0 Å². The van der Waals surface area contributed by atoms with Crippen LogP contribution in [0.5, 0.6) is 0 Å². The van der Waals surface area contributed by atoms with Gasteiger partial charge < -0.3 is 25.3 Å². The first-order chi connectivity index (χ1) is 20.8. The quantitative estimate of drug-likeness (QED) is 0.144. The fourth-order valence-electron chi connectivity index (χ4n) is 4.19. The minimum absolute atomic E-state index is 0.0952. The molecule has 0 spiro atoms. The number of rotatable bonds is 12. The second-order valence-electron chi connectivity index (χ2n) is 9.74. The van der Waals surface area contributed by atoms with Crippen molar-refractivity contribution >= 4 is 52.6 Å². The molecule has 4 rings (SSSR count). The largest absolute Gasteiger partial charge is 0.469 e. The number of methoxy groups -OCH3 is 1. The van der Waals surface area contributed by atoms with E-state index >= 15 is 0 Å². The van der Waals surface area contributed by atoms with Crippen molar-refractivity contribution in [3.63, 3.8) is 0 Å². The Morgan fingerprint density at radius 3 is 1.79 bits per heavy atom. The smallest absolute Gasteiger partial charge is 0.305 e. The molecule has 0 saturated heterocycles. The SMILES string of the molecule is COC(=O)CCCCCCC(=O)Nc1ccc(/C=c2\[nH]c(=O)/c(=C/c3ccc(NC(=O)c4cccs4)cc3)[nH]c2=O)cc1. The third-order valence-corrected chi connectivity index (χ3v) is 7.35. The average molecular weight is 601 g/mol. The van der Waals surface area contributed by atoms with E-state index in [9.17, 15) is 24.0 Å². The Morgan fingerprint density at radius 1 is 0.744 bits per heavy atom. The molecule has 11 heteroatoms. The van der Waals surface area contributed by atoms with Crippen molar-refractivity contribution in [2.24, 2.45) is 0 Å². The predicted molar refractivity (Wildman–Crippen MR) is 168 cm³/mol. The highest BCUT2D eigenvalue weighted by Crippen LogP contribution is 2.15. The normalized spacial score (nSPS) is 11.7. The zero-order valence-corrected chi connectivity index (χ0v) is 24.4. The van der Waals surface area contributed by atoms with Gasteiger partial charge in [-0.1, -0.05) is 43.2 Å². The first-order valence-corrected chi connectivity index (χ1v) is 14.7. The molecule has 0 unspecified atom stereocenters. The van der Waals surface area contributed by atoms with E-state index in [1.807, 2.05) is 5.38 Å². The number of unbranched alkanes of at least 4 members (excludes halogenated alkanes) is 3. The van der Waals surface area contributed by atoms with Crippen LogP contribution in [0, 0.1) is 0 Å². The molecule has 10 nitrogen and oxygen atoms in total. The Bertz CT molecular complexity index is 1790. The first-order valence-electron chi connectivity index (χ1n) is 13.8. The molecular formula is C32H32N4O6S. The second-order valence-corrected chi connectivity index (χ2v) is 10.7. The Labute approximate surface area is 251 Å². The van der Waals surface area contributed by atoms with Gasteiger partial charge in [0.05, 0.1) is 12.0 Å². The highest BCUT2D eigenvalue weighted by molar-refractivity contribution is 7.12. The van der Waals surface area contributed by atoms with Crippen molar-refractivity contribution in [3.05, 3.63) is 113 Å². The topological polar surface area (TPSA) is 150 Å². The minimum Gasteiger partial charge on any atom is -0.469 e. The summed E-state index contributed by atoms with van der Waals surface area (Å²) in [4.78, 5) is 66.8. The average Bonchev–Trinajstić information content (AvgIpc) is 3.55. The highest BCUT2D eigenvalue weighted by Gasteiger charge is 2.07. The summed E-state index contributed by atoms with van der Waals surface area (Å²) < 4.78 is 4.61. The Morgan fingerprint density at radius 2 is 1.28 bits per heavy atom. The van der Waals surface area contributed by atoms with E-state index in [0.29, 0.717) is 40.2 Å². The number of carbonyl (C=O) groups is 3. The van der Waals surface area contributed by atoms with Gasteiger partial charge in [-0.3, -0.25) is 24.0 Å². The number of benzene rings is 2. The standard InChI is InChI=1S/C32H32N4O6S/c1-42-29(38)9-5-3-2-4-8-28(37)33-23-14-10-21(11-15-23)19-25-30(39)36-26(31(40)35-25)20-22-12-16-24(17-13-22)34-32(41)27-7-6-18-43-27/h6-7,10-20H,2-5,8-9H2,1H3,(H,33,37)(H,34,41)(H,35,40)(H,36,39)/b25-19-,26-20-. The number of H-pyrrole nitrogens is 2. The van der Waals surface area contributed by atoms with Gasteiger partial charge in [0.1, 0.15) is 10.7 Å². The van der Waals surface area contributed by atoms with Crippen LogP contribution < -0.4 is 32.5 Å². The number of carbonyl (C=O) groups excluding carboxylic acids is 3. The second kappa shape index (κ2) is 15.3. The number of hydrogen-bond donors (Lipinski definition) is 4. The third-order valence-electron chi connectivity index (χ3n) is 6.48. The van der Waals surface area contributed by atoms with E-state index in [4.69, 9.17) is 0 Å². The monoisotopic (exact) mass is 600 g/mol. The van der Waals surface area contributed by atoms with Gasteiger partial charge in [-0.05, 0) is 71.8 Å². The third kappa shape index (κ3) is 9.50. The van der Waals surface area contributed by atoms with Gasteiger partial charge >= 0.3 is 5.97 Å². The number of aromatic nitrogens is 2. The molecule has 0 bridgehead atoms. The summed E-state index contributed by atoms with van der Waals surface area (Å²) in [5, 5.41) is 7.68. The number of esters is 1. The van der Waals surface area contributed by atoms with Crippen LogP contribution in [0.3, 0.4) is 0 Å². The summed E-state index contributed by atoms with van der Waals surface area (Å²) in [5.41, 5.74) is 1.64. The number of nitrogens with one attached hydrogen (secondary N) is 4. The fourth-order valence-corrected chi connectivity index (χ4v) is 4.81. The van der Waals surface area contributed by atoms with Gasteiger partial charge in [0.2, 0.25) is 5.91 Å². The summed E-state index contributed by atoms with van der Waals surface area (Å²) in [5.74, 6) is -0.521. The Kier molecular flexibility index (Phi) is 11.0. The minimum atomic E-state index is -0.463. The fraction of sp³-hybridized carbons (Fsp3) is 0.219. The molecule has 0 radical (unpaired) electrons. The van der Waals surface area contributed by atoms with E-state index in [0.717, 1.165) is 25.7 Å². The maximum atomic E-state index is 12.7. The summed E-state index contributed by atoms with van der Waals surface area (Å²) in [7, 11) is 1.37.